The Morgan fingerprint density at radius 1 is 1.21 bits per heavy atom. The average Bonchev–Trinajstić information content (AvgIpc) is 2.98. The van der Waals surface area contributed by atoms with Gasteiger partial charge in [0.2, 0.25) is 5.91 Å². The summed E-state index contributed by atoms with van der Waals surface area (Å²) in [5.41, 5.74) is 7.78. The molecule has 0 unspecified atom stereocenters. The number of aryl methyl sites for hydroxylation is 1. The number of fused-ring (bicyclic) bond motifs is 1. The number of sulfonamides is 1. The maximum absolute atomic E-state index is 13.1. The van der Waals surface area contributed by atoms with Gasteiger partial charge in [0.15, 0.2) is 0 Å². The van der Waals surface area contributed by atoms with Gasteiger partial charge in [0.05, 0.1) is 12.8 Å². The fourth-order valence-corrected chi connectivity index (χ4v) is 4.60. The van der Waals surface area contributed by atoms with E-state index >= 15 is 0 Å². The molecule has 2 aromatic carbocycles. The lowest BCUT2D eigenvalue weighted by Crippen LogP contribution is -2.29. The molecule has 2 aromatic rings. The second kappa shape index (κ2) is 5.83. The van der Waals surface area contributed by atoms with E-state index in [0.717, 1.165) is 11.1 Å². The van der Waals surface area contributed by atoms with Crippen molar-refractivity contribution in [2.45, 2.75) is 18.2 Å². The molecule has 2 N–H and O–H groups in total. The van der Waals surface area contributed by atoms with Gasteiger partial charge in [0.1, 0.15) is 10.6 Å². The zero-order valence-corrected chi connectivity index (χ0v) is 14.3. The van der Waals surface area contributed by atoms with Crippen LogP contribution >= 0.6 is 0 Å². The second-order valence-corrected chi connectivity index (χ2v) is 7.52. The highest BCUT2D eigenvalue weighted by molar-refractivity contribution is 7.93. The van der Waals surface area contributed by atoms with Gasteiger partial charge >= 0.3 is 0 Å². The summed E-state index contributed by atoms with van der Waals surface area (Å²) in [5, 5.41) is 0. The Labute approximate surface area is 140 Å². The number of rotatable bonds is 4. The second-order valence-electron chi connectivity index (χ2n) is 5.69. The lowest BCUT2D eigenvalue weighted by atomic mass is 10.1. The molecule has 126 valence electrons. The average molecular weight is 346 g/mol. The van der Waals surface area contributed by atoms with Crippen molar-refractivity contribution in [3.63, 3.8) is 0 Å². The molecule has 1 aliphatic rings. The van der Waals surface area contributed by atoms with Crippen LogP contribution in [-0.4, -0.2) is 28.0 Å². The maximum atomic E-state index is 13.1. The van der Waals surface area contributed by atoms with Crippen LogP contribution in [0, 0.1) is 6.92 Å². The van der Waals surface area contributed by atoms with Gasteiger partial charge in [0.25, 0.3) is 10.0 Å². The summed E-state index contributed by atoms with van der Waals surface area (Å²) in [6.45, 7) is 2.14. The third-order valence-corrected chi connectivity index (χ3v) is 5.94. The summed E-state index contributed by atoms with van der Waals surface area (Å²) in [6.07, 6.45) is 0.585. The molecule has 0 atom stereocenters. The van der Waals surface area contributed by atoms with E-state index < -0.39 is 15.9 Å². The smallest absolute Gasteiger partial charge is 0.268 e. The van der Waals surface area contributed by atoms with E-state index in [0.29, 0.717) is 24.4 Å². The van der Waals surface area contributed by atoms with Crippen molar-refractivity contribution >= 4 is 21.6 Å². The number of nitrogens with two attached hydrogens (primary N) is 1. The third kappa shape index (κ3) is 2.60. The van der Waals surface area contributed by atoms with Crippen molar-refractivity contribution < 1.29 is 17.9 Å². The van der Waals surface area contributed by atoms with Gasteiger partial charge in [-0.1, -0.05) is 12.1 Å². The molecule has 24 heavy (non-hydrogen) atoms. The summed E-state index contributed by atoms with van der Waals surface area (Å²) >= 11 is 0. The number of methoxy groups -OCH3 is 1. The van der Waals surface area contributed by atoms with Crippen LogP contribution in [0.1, 0.15) is 21.5 Å². The minimum Gasteiger partial charge on any atom is -0.495 e. The van der Waals surface area contributed by atoms with Gasteiger partial charge in [-0.15, -0.1) is 0 Å². The first-order chi connectivity index (χ1) is 11.3. The van der Waals surface area contributed by atoms with E-state index in [2.05, 4.69) is 0 Å². The number of nitrogens with zero attached hydrogens (tertiary/aromatic N) is 1. The zero-order valence-electron chi connectivity index (χ0n) is 13.4. The molecular formula is C17H18N2O4S. The fourth-order valence-electron chi connectivity index (χ4n) is 2.86. The van der Waals surface area contributed by atoms with Crippen LogP contribution in [0.25, 0.3) is 0 Å². The van der Waals surface area contributed by atoms with Crippen molar-refractivity contribution in [2.75, 3.05) is 18.0 Å². The number of benzene rings is 2. The van der Waals surface area contributed by atoms with E-state index in [9.17, 15) is 13.2 Å². The summed E-state index contributed by atoms with van der Waals surface area (Å²) < 4.78 is 32.8. The monoisotopic (exact) mass is 346 g/mol. The summed E-state index contributed by atoms with van der Waals surface area (Å²) in [6, 6.07) is 9.91. The van der Waals surface area contributed by atoms with Crippen LogP contribution in [0.5, 0.6) is 5.75 Å². The van der Waals surface area contributed by atoms with E-state index in [1.807, 2.05) is 6.92 Å². The molecule has 3 rings (SSSR count). The van der Waals surface area contributed by atoms with Crippen molar-refractivity contribution in [1.29, 1.82) is 0 Å². The lowest BCUT2D eigenvalue weighted by Gasteiger charge is -2.21. The minimum absolute atomic E-state index is 0.113. The van der Waals surface area contributed by atoms with Gasteiger partial charge in [0, 0.05) is 12.1 Å². The van der Waals surface area contributed by atoms with Crippen LogP contribution in [0.15, 0.2) is 41.3 Å². The molecule has 0 fully saturated rings. The van der Waals surface area contributed by atoms with Gasteiger partial charge < -0.3 is 10.5 Å². The van der Waals surface area contributed by atoms with Crippen LogP contribution < -0.4 is 14.8 Å². The Morgan fingerprint density at radius 2 is 1.96 bits per heavy atom. The molecule has 0 bridgehead atoms. The van der Waals surface area contributed by atoms with E-state index in [1.54, 1.807) is 30.3 Å². The Kier molecular flexibility index (Phi) is 3.96. The molecule has 0 aromatic heterocycles. The SMILES string of the molecule is COc1ccc(C)cc1S(=O)(=O)N1CCc2ccc(C(N)=O)cc21. The quantitative estimate of drug-likeness (QED) is 0.915. The van der Waals surface area contributed by atoms with E-state index in [4.69, 9.17) is 10.5 Å². The predicted octanol–water partition coefficient (Wildman–Crippen LogP) is 1.85. The van der Waals surface area contributed by atoms with Crippen LogP contribution in [0.2, 0.25) is 0 Å². The molecular weight excluding hydrogens is 328 g/mol. The molecule has 6 nitrogen and oxygen atoms in total. The number of amides is 1. The fraction of sp³-hybridized carbons (Fsp3) is 0.235. The third-order valence-electron chi connectivity index (χ3n) is 4.11. The highest BCUT2D eigenvalue weighted by Crippen LogP contribution is 2.36. The highest BCUT2D eigenvalue weighted by atomic mass is 32.2. The summed E-state index contributed by atoms with van der Waals surface area (Å²) in [4.78, 5) is 11.5. The van der Waals surface area contributed by atoms with Crippen molar-refractivity contribution in [3.8, 4) is 5.75 Å². The molecule has 1 heterocycles. The number of hydrogen-bond acceptors (Lipinski definition) is 4. The van der Waals surface area contributed by atoms with Crippen molar-refractivity contribution in [3.05, 3.63) is 53.1 Å². The van der Waals surface area contributed by atoms with E-state index in [-0.39, 0.29) is 10.5 Å². The molecule has 0 saturated carbocycles. The normalized spacial score (nSPS) is 13.7. The summed E-state index contributed by atoms with van der Waals surface area (Å²) in [5.74, 6) is -0.296. The molecule has 0 radical (unpaired) electrons. The molecule has 0 aliphatic carbocycles. The lowest BCUT2D eigenvalue weighted by molar-refractivity contribution is 0.100. The molecule has 0 saturated heterocycles. The first kappa shape index (κ1) is 16.3. The van der Waals surface area contributed by atoms with Crippen LogP contribution in [-0.2, 0) is 16.4 Å². The standard InChI is InChI=1S/C17H18N2O4S/c1-11-3-6-15(23-2)16(9-11)24(21,22)19-8-7-12-4-5-13(17(18)20)10-14(12)19/h3-6,9-10H,7-8H2,1-2H3,(H2,18,20). The maximum Gasteiger partial charge on any atom is 0.268 e. The van der Waals surface area contributed by atoms with Gasteiger partial charge in [-0.3, -0.25) is 9.10 Å². The van der Waals surface area contributed by atoms with Crippen LogP contribution in [0.3, 0.4) is 0 Å². The Balaban J connectivity index is 2.13. The number of hydrogen-bond donors (Lipinski definition) is 1. The van der Waals surface area contributed by atoms with Crippen LogP contribution in [0.4, 0.5) is 5.69 Å². The number of carbonyl (C=O) groups is 1. The molecule has 0 spiro atoms. The van der Waals surface area contributed by atoms with Crippen molar-refractivity contribution in [2.24, 2.45) is 5.73 Å². The minimum atomic E-state index is -3.80. The molecule has 7 heteroatoms. The Hall–Kier alpha value is -2.54. The zero-order chi connectivity index (χ0) is 17.5. The Bertz CT molecular complexity index is 922. The van der Waals surface area contributed by atoms with E-state index in [1.165, 1.54) is 17.5 Å². The molecule has 1 aliphatic heterocycles. The first-order valence-corrected chi connectivity index (χ1v) is 8.88. The molecule has 1 amide bonds. The van der Waals surface area contributed by atoms with Gasteiger partial charge in [-0.25, -0.2) is 8.42 Å². The highest BCUT2D eigenvalue weighted by Gasteiger charge is 2.33. The topological polar surface area (TPSA) is 89.7 Å². The first-order valence-electron chi connectivity index (χ1n) is 7.44. The Morgan fingerprint density at radius 3 is 2.62 bits per heavy atom. The number of carbonyl (C=O) groups excluding carboxylic acids is 1. The van der Waals surface area contributed by atoms with Gasteiger partial charge in [-0.05, 0) is 48.7 Å². The van der Waals surface area contributed by atoms with Gasteiger partial charge in [-0.2, -0.15) is 0 Å². The largest absolute Gasteiger partial charge is 0.495 e. The predicted molar refractivity (Wildman–Crippen MR) is 90.9 cm³/mol. The number of anilines is 1. The van der Waals surface area contributed by atoms with Crippen molar-refractivity contribution in [1.82, 2.24) is 0 Å². The number of primary amides is 1. The number of ether oxygens (including phenoxy) is 1. The summed E-state index contributed by atoms with van der Waals surface area (Å²) in [7, 11) is -2.37.